The molecule has 18 heavy (non-hydrogen) atoms. The molecule has 2 rings (SSSR count). The molecule has 1 heterocycles. The second-order valence-electron chi connectivity index (χ2n) is 5.10. The largest absolute Gasteiger partial charge is 0.342 e. The maximum atomic E-state index is 12.2. The summed E-state index contributed by atoms with van der Waals surface area (Å²) in [5.74, 6) is 0.961. The van der Waals surface area contributed by atoms with Gasteiger partial charge in [-0.1, -0.05) is 25.5 Å². The van der Waals surface area contributed by atoms with Crippen molar-refractivity contribution in [2.45, 2.75) is 37.5 Å². The average molecular weight is 263 g/mol. The molecule has 0 spiro atoms. The third-order valence-electron chi connectivity index (χ3n) is 3.74. The Balaban J connectivity index is 1.93. The van der Waals surface area contributed by atoms with Gasteiger partial charge < -0.3 is 4.90 Å². The molecule has 1 saturated heterocycles. The predicted octanol–water partition coefficient (Wildman–Crippen LogP) is 3.17. The van der Waals surface area contributed by atoms with Crippen LogP contribution in [0.3, 0.4) is 0 Å². The molecule has 1 aliphatic rings. The van der Waals surface area contributed by atoms with Gasteiger partial charge >= 0.3 is 0 Å². The molecule has 1 unspecified atom stereocenters. The van der Waals surface area contributed by atoms with Crippen LogP contribution < -0.4 is 0 Å². The average Bonchev–Trinajstić information content (AvgIpc) is 2.41. The highest BCUT2D eigenvalue weighted by Gasteiger charge is 2.22. The number of likely N-dealkylation sites (tertiary alicyclic amines) is 1. The summed E-state index contributed by atoms with van der Waals surface area (Å²) in [5.41, 5.74) is 1.08. The van der Waals surface area contributed by atoms with E-state index in [1.54, 1.807) is 0 Å². The second kappa shape index (κ2) is 6.28. The standard InChI is InChI=1S/C15H21NOS/c1-2-12-4-3-9-16(11-12)15(17)10-13-5-7-14(18)8-6-13/h5-8,12,18H,2-4,9-11H2,1H3. The summed E-state index contributed by atoms with van der Waals surface area (Å²) < 4.78 is 0. The van der Waals surface area contributed by atoms with Gasteiger partial charge in [-0.2, -0.15) is 0 Å². The van der Waals surface area contributed by atoms with Crippen LogP contribution in [-0.2, 0) is 11.2 Å². The number of piperidine rings is 1. The summed E-state index contributed by atoms with van der Waals surface area (Å²) in [5, 5.41) is 0. The normalized spacial score (nSPS) is 19.9. The van der Waals surface area contributed by atoms with E-state index in [4.69, 9.17) is 0 Å². The van der Waals surface area contributed by atoms with E-state index in [-0.39, 0.29) is 5.91 Å². The van der Waals surface area contributed by atoms with E-state index in [9.17, 15) is 4.79 Å². The van der Waals surface area contributed by atoms with Crippen molar-refractivity contribution < 1.29 is 4.79 Å². The van der Waals surface area contributed by atoms with Gasteiger partial charge in [-0.05, 0) is 36.5 Å². The van der Waals surface area contributed by atoms with Crippen molar-refractivity contribution in [2.75, 3.05) is 13.1 Å². The van der Waals surface area contributed by atoms with Gasteiger partial charge in [-0.15, -0.1) is 12.6 Å². The van der Waals surface area contributed by atoms with Crippen LogP contribution in [0, 0.1) is 5.92 Å². The fourth-order valence-electron chi connectivity index (χ4n) is 2.53. The van der Waals surface area contributed by atoms with E-state index >= 15 is 0 Å². The topological polar surface area (TPSA) is 20.3 Å². The van der Waals surface area contributed by atoms with Crippen LogP contribution in [0.2, 0.25) is 0 Å². The van der Waals surface area contributed by atoms with Crippen molar-refractivity contribution in [1.82, 2.24) is 4.90 Å². The highest BCUT2D eigenvalue weighted by Crippen LogP contribution is 2.20. The zero-order chi connectivity index (χ0) is 13.0. The van der Waals surface area contributed by atoms with Crippen LogP contribution in [-0.4, -0.2) is 23.9 Å². The quantitative estimate of drug-likeness (QED) is 0.831. The van der Waals surface area contributed by atoms with E-state index < -0.39 is 0 Å². The lowest BCUT2D eigenvalue weighted by Crippen LogP contribution is -2.40. The maximum Gasteiger partial charge on any atom is 0.226 e. The van der Waals surface area contributed by atoms with Gasteiger partial charge in [0.05, 0.1) is 6.42 Å². The van der Waals surface area contributed by atoms with E-state index in [1.807, 2.05) is 29.2 Å². The summed E-state index contributed by atoms with van der Waals surface area (Å²) in [7, 11) is 0. The molecule has 0 aliphatic carbocycles. The minimum absolute atomic E-state index is 0.264. The molecule has 1 aliphatic heterocycles. The minimum atomic E-state index is 0.264. The van der Waals surface area contributed by atoms with Gasteiger partial charge in [0.15, 0.2) is 0 Å². The van der Waals surface area contributed by atoms with Crippen molar-refractivity contribution in [3.8, 4) is 0 Å². The van der Waals surface area contributed by atoms with Gasteiger partial charge in [-0.3, -0.25) is 4.79 Å². The van der Waals surface area contributed by atoms with E-state index in [2.05, 4.69) is 19.6 Å². The van der Waals surface area contributed by atoms with Crippen molar-refractivity contribution in [3.05, 3.63) is 29.8 Å². The molecule has 1 fully saturated rings. The first-order chi connectivity index (χ1) is 8.69. The lowest BCUT2D eigenvalue weighted by Gasteiger charge is -2.32. The Morgan fingerprint density at radius 1 is 1.39 bits per heavy atom. The van der Waals surface area contributed by atoms with Crippen molar-refractivity contribution in [1.29, 1.82) is 0 Å². The van der Waals surface area contributed by atoms with E-state index in [1.165, 1.54) is 12.8 Å². The molecule has 0 aromatic heterocycles. The number of amides is 1. The molecule has 0 bridgehead atoms. The Labute approximate surface area is 115 Å². The summed E-state index contributed by atoms with van der Waals surface area (Å²) >= 11 is 4.25. The molecule has 3 heteroatoms. The molecule has 1 aromatic rings. The monoisotopic (exact) mass is 263 g/mol. The smallest absolute Gasteiger partial charge is 0.226 e. The molecular weight excluding hydrogens is 242 g/mol. The van der Waals surface area contributed by atoms with Crippen molar-refractivity contribution in [3.63, 3.8) is 0 Å². The Kier molecular flexibility index (Phi) is 4.70. The summed E-state index contributed by atoms with van der Waals surface area (Å²) in [6, 6.07) is 7.86. The van der Waals surface area contributed by atoms with Crippen molar-refractivity contribution in [2.24, 2.45) is 5.92 Å². The van der Waals surface area contributed by atoms with Crippen LogP contribution in [0.25, 0.3) is 0 Å². The lowest BCUT2D eigenvalue weighted by atomic mass is 9.95. The number of rotatable bonds is 3. The molecule has 0 saturated carbocycles. The van der Waals surface area contributed by atoms with Gasteiger partial charge in [-0.25, -0.2) is 0 Å². The molecule has 1 atom stereocenters. The van der Waals surface area contributed by atoms with Crippen molar-refractivity contribution >= 4 is 18.5 Å². The second-order valence-corrected chi connectivity index (χ2v) is 5.62. The van der Waals surface area contributed by atoms with E-state index in [0.717, 1.165) is 30.0 Å². The molecule has 1 amide bonds. The highest BCUT2D eigenvalue weighted by molar-refractivity contribution is 7.80. The Morgan fingerprint density at radius 3 is 2.78 bits per heavy atom. The Hall–Kier alpha value is -0.960. The van der Waals surface area contributed by atoms with Crippen LogP contribution in [0.15, 0.2) is 29.2 Å². The first kappa shape index (κ1) is 13.5. The molecule has 0 N–H and O–H groups in total. The van der Waals surface area contributed by atoms with Crippen LogP contribution >= 0.6 is 12.6 Å². The van der Waals surface area contributed by atoms with Crippen LogP contribution in [0.4, 0.5) is 0 Å². The Morgan fingerprint density at radius 2 is 2.11 bits per heavy atom. The predicted molar refractivity (Wildman–Crippen MR) is 77.0 cm³/mol. The fourth-order valence-corrected chi connectivity index (χ4v) is 2.67. The third kappa shape index (κ3) is 3.52. The SMILES string of the molecule is CCC1CCCN(C(=O)Cc2ccc(S)cc2)C1. The lowest BCUT2D eigenvalue weighted by molar-refractivity contribution is -0.132. The zero-order valence-corrected chi connectivity index (χ0v) is 11.8. The summed E-state index contributed by atoms with van der Waals surface area (Å²) in [6.45, 7) is 4.09. The van der Waals surface area contributed by atoms with Gasteiger partial charge in [0.1, 0.15) is 0 Å². The van der Waals surface area contributed by atoms with E-state index in [0.29, 0.717) is 12.3 Å². The van der Waals surface area contributed by atoms with Gasteiger partial charge in [0, 0.05) is 18.0 Å². The zero-order valence-electron chi connectivity index (χ0n) is 10.9. The Bertz CT molecular complexity index is 401. The third-order valence-corrected chi connectivity index (χ3v) is 4.04. The number of nitrogens with zero attached hydrogens (tertiary/aromatic N) is 1. The number of thiol groups is 1. The van der Waals surface area contributed by atoms with Crippen LogP contribution in [0.1, 0.15) is 31.7 Å². The molecule has 98 valence electrons. The summed E-state index contributed by atoms with van der Waals surface area (Å²) in [6.07, 6.45) is 4.12. The summed E-state index contributed by atoms with van der Waals surface area (Å²) in [4.78, 5) is 15.2. The number of benzene rings is 1. The van der Waals surface area contributed by atoms with Gasteiger partial charge in [0.25, 0.3) is 0 Å². The number of carbonyl (C=O) groups is 1. The first-order valence-corrected chi connectivity index (χ1v) is 7.19. The minimum Gasteiger partial charge on any atom is -0.342 e. The first-order valence-electron chi connectivity index (χ1n) is 6.74. The number of carbonyl (C=O) groups excluding carboxylic acids is 1. The number of hydrogen-bond acceptors (Lipinski definition) is 2. The highest BCUT2D eigenvalue weighted by atomic mass is 32.1. The fraction of sp³-hybridized carbons (Fsp3) is 0.533. The number of hydrogen-bond donors (Lipinski definition) is 1. The maximum absolute atomic E-state index is 12.2. The van der Waals surface area contributed by atoms with Gasteiger partial charge in [0.2, 0.25) is 5.91 Å². The van der Waals surface area contributed by atoms with Crippen LogP contribution in [0.5, 0.6) is 0 Å². The molecule has 2 nitrogen and oxygen atoms in total. The molecule has 0 radical (unpaired) electrons. The molecular formula is C15H21NOS. The molecule has 1 aromatic carbocycles.